The number of rotatable bonds is 6. The van der Waals surface area contributed by atoms with Crippen molar-refractivity contribution in [1.29, 1.82) is 0 Å². The Hall–Kier alpha value is -1.29. The fraction of sp³-hybridized carbons (Fsp3) is 0.462. The van der Waals surface area contributed by atoms with Crippen molar-refractivity contribution >= 4 is 17.5 Å². The number of hydrogen-bond donors (Lipinski definition) is 1. The van der Waals surface area contributed by atoms with Gasteiger partial charge in [0.1, 0.15) is 17.1 Å². The molecule has 1 amide bonds. The van der Waals surface area contributed by atoms with E-state index in [-0.39, 0.29) is 17.4 Å². The first kappa shape index (κ1) is 14.8. The van der Waals surface area contributed by atoms with E-state index in [0.717, 1.165) is 6.42 Å². The van der Waals surface area contributed by atoms with Crippen LogP contribution in [0.5, 0.6) is 5.75 Å². The van der Waals surface area contributed by atoms with Crippen molar-refractivity contribution in [2.45, 2.75) is 25.8 Å². The molecule has 100 valence electrons. The van der Waals surface area contributed by atoms with Crippen molar-refractivity contribution < 1.29 is 13.9 Å². The Labute approximate surface area is 111 Å². The van der Waals surface area contributed by atoms with E-state index >= 15 is 0 Å². The van der Waals surface area contributed by atoms with E-state index < -0.39 is 11.7 Å². The lowest BCUT2D eigenvalue weighted by Crippen LogP contribution is -2.35. The van der Waals surface area contributed by atoms with Crippen LogP contribution in [-0.4, -0.2) is 24.9 Å². The van der Waals surface area contributed by atoms with Crippen LogP contribution in [0.15, 0.2) is 18.2 Å². The second-order valence-electron chi connectivity index (χ2n) is 3.87. The molecule has 0 saturated heterocycles. The summed E-state index contributed by atoms with van der Waals surface area (Å²) in [6.07, 6.45) is 1.40. The highest BCUT2D eigenvalue weighted by Gasteiger charge is 2.19. The summed E-state index contributed by atoms with van der Waals surface area (Å²) in [5, 5.41) is 2.76. The molecule has 0 aliphatic heterocycles. The number of methoxy groups -OCH3 is 1. The molecule has 0 saturated carbocycles. The summed E-state index contributed by atoms with van der Waals surface area (Å²) in [6, 6.07) is 4.24. The van der Waals surface area contributed by atoms with Crippen LogP contribution in [0.3, 0.4) is 0 Å². The van der Waals surface area contributed by atoms with Gasteiger partial charge in [0.05, 0.1) is 7.11 Å². The van der Waals surface area contributed by atoms with Gasteiger partial charge in [-0.3, -0.25) is 4.79 Å². The lowest BCUT2D eigenvalue weighted by Gasteiger charge is -2.17. The molecule has 1 unspecified atom stereocenters. The molecule has 0 spiro atoms. The topological polar surface area (TPSA) is 38.3 Å². The predicted octanol–water partition coefficient (Wildman–Crippen LogP) is 2.97. The summed E-state index contributed by atoms with van der Waals surface area (Å²) in [5.41, 5.74) is -0.0620. The van der Waals surface area contributed by atoms with E-state index in [2.05, 4.69) is 5.32 Å². The van der Waals surface area contributed by atoms with E-state index in [0.29, 0.717) is 12.3 Å². The highest BCUT2D eigenvalue weighted by Crippen LogP contribution is 2.21. The average molecular weight is 274 g/mol. The molecule has 0 heterocycles. The SMILES string of the molecule is CCC(CCCl)NC(=O)c1c(F)cccc1OC. The molecular formula is C13H17ClFNO2. The van der Waals surface area contributed by atoms with Gasteiger partial charge in [-0.15, -0.1) is 11.6 Å². The smallest absolute Gasteiger partial charge is 0.258 e. The van der Waals surface area contributed by atoms with E-state index in [1.165, 1.54) is 19.2 Å². The van der Waals surface area contributed by atoms with Crippen molar-refractivity contribution in [3.63, 3.8) is 0 Å². The van der Waals surface area contributed by atoms with Gasteiger partial charge in [0.2, 0.25) is 0 Å². The molecule has 5 heteroatoms. The van der Waals surface area contributed by atoms with Gasteiger partial charge < -0.3 is 10.1 Å². The van der Waals surface area contributed by atoms with Gasteiger partial charge in [0, 0.05) is 11.9 Å². The van der Waals surface area contributed by atoms with Crippen LogP contribution in [-0.2, 0) is 0 Å². The van der Waals surface area contributed by atoms with Crippen LogP contribution in [0.25, 0.3) is 0 Å². The second kappa shape index (κ2) is 7.21. The molecule has 0 bridgehead atoms. The first-order valence-corrected chi connectivity index (χ1v) is 6.36. The Morgan fingerprint density at radius 3 is 2.83 bits per heavy atom. The summed E-state index contributed by atoms with van der Waals surface area (Å²) in [6.45, 7) is 1.94. The van der Waals surface area contributed by atoms with Crippen molar-refractivity contribution in [3.8, 4) is 5.75 Å². The minimum atomic E-state index is -0.590. The molecule has 1 atom stereocenters. The third kappa shape index (κ3) is 3.60. The average Bonchev–Trinajstić information content (AvgIpc) is 2.37. The number of amides is 1. The molecule has 0 radical (unpaired) electrons. The number of alkyl halides is 1. The molecule has 0 aromatic heterocycles. The van der Waals surface area contributed by atoms with Crippen molar-refractivity contribution in [2.24, 2.45) is 0 Å². The lowest BCUT2D eigenvalue weighted by atomic mass is 10.1. The van der Waals surface area contributed by atoms with E-state index in [4.69, 9.17) is 16.3 Å². The van der Waals surface area contributed by atoms with E-state index in [1.807, 2.05) is 6.92 Å². The van der Waals surface area contributed by atoms with Crippen LogP contribution in [0.4, 0.5) is 4.39 Å². The van der Waals surface area contributed by atoms with Crippen molar-refractivity contribution in [3.05, 3.63) is 29.6 Å². The van der Waals surface area contributed by atoms with Crippen LogP contribution in [0.1, 0.15) is 30.1 Å². The third-order valence-electron chi connectivity index (χ3n) is 2.71. The maximum atomic E-state index is 13.7. The van der Waals surface area contributed by atoms with Gasteiger partial charge in [-0.05, 0) is 25.0 Å². The Bertz CT molecular complexity index is 412. The number of ether oxygens (including phenoxy) is 1. The minimum absolute atomic E-state index is 0.0562. The quantitative estimate of drug-likeness (QED) is 0.809. The second-order valence-corrected chi connectivity index (χ2v) is 4.25. The number of hydrogen-bond acceptors (Lipinski definition) is 2. The zero-order chi connectivity index (χ0) is 13.5. The molecule has 0 aliphatic rings. The van der Waals surface area contributed by atoms with Gasteiger partial charge in [-0.2, -0.15) is 0 Å². The van der Waals surface area contributed by atoms with Gasteiger partial charge in [-0.1, -0.05) is 13.0 Å². The van der Waals surface area contributed by atoms with Crippen LogP contribution in [0, 0.1) is 5.82 Å². The highest BCUT2D eigenvalue weighted by atomic mass is 35.5. The fourth-order valence-electron chi connectivity index (χ4n) is 1.66. The fourth-order valence-corrected chi connectivity index (χ4v) is 1.93. The number of nitrogens with one attached hydrogen (secondary N) is 1. The van der Waals surface area contributed by atoms with E-state index in [1.54, 1.807) is 6.07 Å². The number of benzene rings is 1. The predicted molar refractivity (Wildman–Crippen MR) is 69.8 cm³/mol. The molecule has 1 aromatic rings. The first-order valence-electron chi connectivity index (χ1n) is 5.83. The lowest BCUT2D eigenvalue weighted by molar-refractivity contribution is 0.0927. The number of carbonyl (C=O) groups is 1. The molecule has 1 N–H and O–H groups in total. The number of halogens is 2. The summed E-state index contributed by atoms with van der Waals surface area (Å²) >= 11 is 5.64. The molecule has 3 nitrogen and oxygen atoms in total. The maximum absolute atomic E-state index is 13.7. The first-order chi connectivity index (χ1) is 8.63. The van der Waals surface area contributed by atoms with Crippen molar-refractivity contribution in [1.82, 2.24) is 5.32 Å². The molecule has 1 rings (SSSR count). The summed E-state index contributed by atoms with van der Waals surface area (Å²) in [5.74, 6) is -0.379. The zero-order valence-electron chi connectivity index (χ0n) is 10.5. The summed E-state index contributed by atoms with van der Waals surface area (Å²) in [4.78, 5) is 12.0. The van der Waals surface area contributed by atoms with Crippen LogP contribution < -0.4 is 10.1 Å². The standard InChI is InChI=1S/C13H17ClFNO2/c1-3-9(7-8-14)16-13(17)12-10(15)5-4-6-11(12)18-2/h4-6,9H,3,7-8H2,1-2H3,(H,16,17). The van der Waals surface area contributed by atoms with Gasteiger partial charge in [0.15, 0.2) is 0 Å². The van der Waals surface area contributed by atoms with Crippen LogP contribution in [0.2, 0.25) is 0 Å². The van der Waals surface area contributed by atoms with Crippen molar-refractivity contribution in [2.75, 3.05) is 13.0 Å². The zero-order valence-corrected chi connectivity index (χ0v) is 11.3. The van der Waals surface area contributed by atoms with E-state index in [9.17, 15) is 9.18 Å². The Kier molecular flexibility index (Phi) is 5.92. The van der Waals surface area contributed by atoms with Gasteiger partial charge in [-0.25, -0.2) is 4.39 Å². The highest BCUT2D eigenvalue weighted by molar-refractivity contribution is 6.17. The summed E-state index contributed by atoms with van der Waals surface area (Å²) in [7, 11) is 1.40. The van der Waals surface area contributed by atoms with Gasteiger partial charge in [0.25, 0.3) is 5.91 Å². The molecule has 18 heavy (non-hydrogen) atoms. The molecule has 0 aliphatic carbocycles. The van der Waals surface area contributed by atoms with Gasteiger partial charge >= 0.3 is 0 Å². The normalized spacial score (nSPS) is 12.0. The Morgan fingerprint density at radius 1 is 1.56 bits per heavy atom. The molecular weight excluding hydrogens is 257 g/mol. The molecule has 1 aromatic carbocycles. The summed E-state index contributed by atoms with van der Waals surface area (Å²) < 4.78 is 18.7. The third-order valence-corrected chi connectivity index (χ3v) is 2.93. The van der Waals surface area contributed by atoms with Crippen LogP contribution >= 0.6 is 11.6 Å². The minimum Gasteiger partial charge on any atom is -0.496 e. The Morgan fingerprint density at radius 2 is 2.28 bits per heavy atom. The molecule has 0 fully saturated rings. The largest absolute Gasteiger partial charge is 0.496 e. The monoisotopic (exact) mass is 273 g/mol. The Balaban J connectivity index is 2.89. The maximum Gasteiger partial charge on any atom is 0.258 e. The number of carbonyl (C=O) groups excluding carboxylic acids is 1.